The van der Waals surface area contributed by atoms with Gasteiger partial charge in [0.2, 0.25) is 0 Å². The average molecular weight is 397 g/mol. The molecule has 0 radical (unpaired) electrons. The van der Waals surface area contributed by atoms with E-state index in [1.165, 1.54) is 0 Å². The topological polar surface area (TPSA) is 101 Å². The molecule has 0 bridgehead atoms. The zero-order valence-electron chi connectivity index (χ0n) is 16.3. The Labute approximate surface area is 165 Å². The van der Waals surface area contributed by atoms with Crippen molar-refractivity contribution in [2.75, 3.05) is 20.8 Å². The number of rotatable bonds is 8. The Morgan fingerprint density at radius 2 is 1.67 bits per heavy atom. The van der Waals surface area contributed by atoms with Crippen molar-refractivity contribution in [3.05, 3.63) is 29.8 Å². The molecule has 150 valence electrons. The van der Waals surface area contributed by atoms with Gasteiger partial charge in [0, 0.05) is 18.7 Å². The molecule has 4 N–H and O–H groups in total. The molecule has 1 aromatic rings. The van der Waals surface area contributed by atoms with Crippen molar-refractivity contribution in [2.45, 2.75) is 32.9 Å². The van der Waals surface area contributed by atoms with Crippen LogP contribution in [-0.4, -0.2) is 49.8 Å². The molecule has 0 heterocycles. The molecule has 0 saturated heterocycles. The fraction of sp³-hybridized carbons (Fsp3) is 0.500. The molecule has 27 heavy (non-hydrogen) atoms. The van der Waals surface area contributed by atoms with Crippen LogP contribution in [0.15, 0.2) is 24.3 Å². The molecule has 0 fully saturated rings. The second-order valence-corrected chi connectivity index (χ2v) is 6.78. The highest BCUT2D eigenvalue weighted by Gasteiger charge is 2.25. The standard InChI is InChI=1S/C18H28N4O4S/c1-11(2)15(17(24)21-22-18(27)19-12(3)10-25-4)20-16(23)13-6-8-14(26-5)9-7-13/h6-9,11-12,15H,10H2,1-5H3,(H,20,23)(H,21,24)(H2,19,22,27)/t12-,15+/m1/s1. The second-order valence-electron chi connectivity index (χ2n) is 6.37. The summed E-state index contributed by atoms with van der Waals surface area (Å²) in [5.41, 5.74) is 5.59. The summed E-state index contributed by atoms with van der Waals surface area (Å²) in [7, 11) is 3.14. The van der Waals surface area contributed by atoms with Crippen molar-refractivity contribution in [3.8, 4) is 5.75 Å². The summed E-state index contributed by atoms with van der Waals surface area (Å²) in [6.07, 6.45) is 0. The van der Waals surface area contributed by atoms with Crippen LogP contribution in [0.25, 0.3) is 0 Å². The van der Waals surface area contributed by atoms with Crippen LogP contribution in [0.2, 0.25) is 0 Å². The molecule has 2 amide bonds. The molecule has 0 aromatic heterocycles. The SMILES string of the molecule is COC[C@@H](C)NC(=S)NNC(=O)[C@@H](NC(=O)c1ccc(OC)cc1)C(C)C. The van der Waals surface area contributed by atoms with E-state index in [1.54, 1.807) is 38.5 Å². The third kappa shape index (κ3) is 7.79. The number of ether oxygens (including phenoxy) is 2. The van der Waals surface area contributed by atoms with Crippen molar-refractivity contribution in [2.24, 2.45) is 5.92 Å². The first kappa shape index (κ1) is 22.7. The minimum absolute atomic E-state index is 0.0115. The predicted molar refractivity (Wildman–Crippen MR) is 107 cm³/mol. The summed E-state index contributed by atoms with van der Waals surface area (Å²) in [6.45, 7) is 6.05. The molecule has 8 nitrogen and oxygen atoms in total. The Bertz CT molecular complexity index is 637. The van der Waals surface area contributed by atoms with E-state index in [1.807, 2.05) is 20.8 Å². The number of methoxy groups -OCH3 is 2. The first-order valence-corrected chi connectivity index (χ1v) is 8.99. The number of hydrazine groups is 1. The Morgan fingerprint density at radius 1 is 1.04 bits per heavy atom. The number of carbonyl (C=O) groups is 2. The maximum Gasteiger partial charge on any atom is 0.261 e. The van der Waals surface area contributed by atoms with Gasteiger partial charge in [0.1, 0.15) is 11.8 Å². The lowest BCUT2D eigenvalue weighted by Crippen LogP contribution is -2.56. The normalized spacial score (nSPS) is 12.7. The third-order valence-corrected chi connectivity index (χ3v) is 3.90. The maximum atomic E-state index is 12.4. The van der Waals surface area contributed by atoms with E-state index in [4.69, 9.17) is 21.7 Å². The number of benzene rings is 1. The molecule has 0 aliphatic heterocycles. The van der Waals surface area contributed by atoms with E-state index < -0.39 is 11.9 Å². The molecule has 2 atom stereocenters. The van der Waals surface area contributed by atoms with E-state index in [-0.39, 0.29) is 23.0 Å². The molecule has 0 spiro atoms. The Kier molecular flexibility index (Phi) is 9.52. The third-order valence-electron chi connectivity index (χ3n) is 3.68. The van der Waals surface area contributed by atoms with Crippen LogP contribution in [0.3, 0.4) is 0 Å². The molecule has 9 heteroatoms. The van der Waals surface area contributed by atoms with Crippen molar-refractivity contribution in [1.29, 1.82) is 0 Å². The van der Waals surface area contributed by atoms with E-state index in [9.17, 15) is 9.59 Å². The smallest absolute Gasteiger partial charge is 0.261 e. The summed E-state index contributed by atoms with van der Waals surface area (Å²) >= 11 is 5.11. The molecule has 0 saturated carbocycles. The Balaban J connectivity index is 2.62. The molecule has 1 rings (SSSR count). The van der Waals surface area contributed by atoms with E-state index in [0.717, 1.165) is 0 Å². The zero-order valence-corrected chi connectivity index (χ0v) is 17.1. The van der Waals surface area contributed by atoms with Gasteiger partial charge in [-0.25, -0.2) is 0 Å². The van der Waals surface area contributed by atoms with Crippen LogP contribution in [0.1, 0.15) is 31.1 Å². The van der Waals surface area contributed by atoms with Crippen molar-refractivity contribution >= 4 is 29.1 Å². The lowest BCUT2D eigenvalue weighted by atomic mass is 10.0. The van der Waals surface area contributed by atoms with Gasteiger partial charge >= 0.3 is 0 Å². The van der Waals surface area contributed by atoms with Gasteiger partial charge in [-0.1, -0.05) is 13.8 Å². The molecule has 0 unspecified atom stereocenters. The Hall–Kier alpha value is -2.39. The highest BCUT2D eigenvalue weighted by atomic mass is 32.1. The Morgan fingerprint density at radius 3 is 2.19 bits per heavy atom. The van der Waals surface area contributed by atoms with Gasteiger partial charge in [0.05, 0.1) is 13.7 Å². The van der Waals surface area contributed by atoms with Gasteiger partial charge in [-0.3, -0.25) is 20.4 Å². The highest BCUT2D eigenvalue weighted by Crippen LogP contribution is 2.12. The highest BCUT2D eigenvalue weighted by molar-refractivity contribution is 7.80. The van der Waals surface area contributed by atoms with Crippen LogP contribution in [0.4, 0.5) is 0 Å². The summed E-state index contributed by atoms with van der Waals surface area (Å²) in [4.78, 5) is 24.9. The van der Waals surface area contributed by atoms with E-state index in [2.05, 4.69) is 21.5 Å². The van der Waals surface area contributed by atoms with Gasteiger partial charge in [0.25, 0.3) is 11.8 Å². The average Bonchev–Trinajstić information content (AvgIpc) is 2.63. The van der Waals surface area contributed by atoms with Crippen LogP contribution < -0.4 is 26.2 Å². The number of hydrogen-bond donors (Lipinski definition) is 4. The first-order chi connectivity index (χ1) is 12.8. The van der Waals surface area contributed by atoms with Crippen LogP contribution in [0.5, 0.6) is 5.75 Å². The van der Waals surface area contributed by atoms with Crippen LogP contribution in [0, 0.1) is 5.92 Å². The number of thiocarbonyl (C=S) groups is 1. The fourth-order valence-corrected chi connectivity index (χ4v) is 2.50. The molecule has 0 aliphatic rings. The minimum atomic E-state index is -0.730. The summed E-state index contributed by atoms with van der Waals surface area (Å²) < 4.78 is 10.1. The van der Waals surface area contributed by atoms with E-state index in [0.29, 0.717) is 17.9 Å². The molecular weight excluding hydrogens is 368 g/mol. The first-order valence-electron chi connectivity index (χ1n) is 8.58. The molecular formula is C18H28N4O4S. The number of amides is 2. The number of nitrogens with one attached hydrogen (secondary N) is 4. The van der Waals surface area contributed by atoms with Crippen LogP contribution >= 0.6 is 12.2 Å². The van der Waals surface area contributed by atoms with E-state index >= 15 is 0 Å². The van der Waals surface area contributed by atoms with Gasteiger partial charge in [-0.2, -0.15) is 0 Å². The van der Waals surface area contributed by atoms with Gasteiger partial charge in [-0.05, 0) is 49.3 Å². The van der Waals surface area contributed by atoms with Crippen molar-refractivity contribution in [3.63, 3.8) is 0 Å². The quantitative estimate of drug-likeness (QED) is 0.384. The van der Waals surface area contributed by atoms with Gasteiger partial charge in [0.15, 0.2) is 5.11 Å². The lowest BCUT2D eigenvalue weighted by Gasteiger charge is -2.23. The lowest BCUT2D eigenvalue weighted by molar-refractivity contribution is -0.124. The van der Waals surface area contributed by atoms with Gasteiger partial charge in [-0.15, -0.1) is 0 Å². The maximum absolute atomic E-state index is 12.4. The summed E-state index contributed by atoms with van der Waals surface area (Å²) in [5, 5.41) is 5.96. The predicted octanol–water partition coefficient (Wildman–Crippen LogP) is 0.980. The minimum Gasteiger partial charge on any atom is -0.497 e. The summed E-state index contributed by atoms with van der Waals surface area (Å²) in [5.74, 6) is -0.211. The number of hydrogen-bond acceptors (Lipinski definition) is 5. The summed E-state index contributed by atoms with van der Waals surface area (Å²) in [6, 6.07) is 5.91. The molecule has 0 aliphatic carbocycles. The monoisotopic (exact) mass is 396 g/mol. The van der Waals surface area contributed by atoms with Crippen molar-refractivity contribution in [1.82, 2.24) is 21.5 Å². The fourth-order valence-electron chi connectivity index (χ4n) is 2.25. The van der Waals surface area contributed by atoms with Crippen LogP contribution in [-0.2, 0) is 9.53 Å². The number of carbonyl (C=O) groups excluding carboxylic acids is 2. The second kappa shape index (κ2) is 11.3. The van der Waals surface area contributed by atoms with Gasteiger partial charge < -0.3 is 20.1 Å². The zero-order chi connectivity index (χ0) is 20.4. The molecule has 1 aromatic carbocycles. The van der Waals surface area contributed by atoms with Crippen molar-refractivity contribution < 1.29 is 19.1 Å². The largest absolute Gasteiger partial charge is 0.497 e.